The maximum Gasteiger partial charge on any atom is 0.152 e. The van der Waals surface area contributed by atoms with E-state index >= 15 is 0 Å². The standard InChI is InChI=1S/C13H14N4/c1-3-17-8(2)11-9-6-4-5-7-10(9)15-13(14)12(11)16-17/h4-7H,3H2,1-2H3,(H2,14,15). The molecule has 0 fully saturated rings. The van der Waals surface area contributed by atoms with Crippen molar-refractivity contribution < 1.29 is 0 Å². The first-order valence-electron chi connectivity index (χ1n) is 5.73. The molecule has 0 saturated heterocycles. The van der Waals surface area contributed by atoms with Crippen LogP contribution in [-0.2, 0) is 6.54 Å². The van der Waals surface area contributed by atoms with Crippen LogP contribution in [0.1, 0.15) is 12.6 Å². The van der Waals surface area contributed by atoms with E-state index in [9.17, 15) is 0 Å². The second-order valence-corrected chi connectivity index (χ2v) is 4.14. The fourth-order valence-electron chi connectivity index (χ4n) is 2.32. The molecule has 2 N–H and O–H groups in total. The zero-order valence-electron chi connectivity index (χ0n) is 9.94. The normalized spacial score (nSPS) is 11.4. The molecule has 2 aromatic heterocycles. The Bertz CT molecular complexity index is 712. The molecular formula is C13H14N4. The van der Waals surface area contributed by atoms with Gasteiger partial charge in [0.25, 0.3) is 0 Å². The molecule has 3 aromatic rings. The highest BCUT2D eigenvalue weighted by Crippen LogP contribution is 2.29. The predicted molar refractivity (Wildman–Crippen MR) is 69.9 cm³/mol. The van der Waals surface area contributed by atoms with Gasteiger partial charge in [-0.25, -0.2) is 4.98 Å². The first kappa shape index (κ1) is 10.1. The molecule has 2 heterocycles. The van der Waals surface area contributed by atoms with Gasteiger partial charge in [0.1, 0.15) is 5.52 Å². The van der Waals surface area contributed by atoms with Gasteiger partial charge in [-0.05, 0) is 19.9 Å². The topological polar surface area (TPSA) is 56.7 Å². The molecule has 3 rings (SSSR count). The van der Waals surface area contributed by atoms with E-state index in [2.05, 4.69) is 30.0 Å². The minimum Gasteiger partial charge on any atom is -0.382 e. The lowest BCUT2D eigenvalue weighted by atomic mass is 10.1. The quantitative estimate of drug-likeness (QED) is 0.693. The SMILES string of the molecule is CCn1nc2c(N)nc3ccccc3c2c1C. The first-order chi connectivity index (χ1) is 8.22. The molecule has 0 amide bonds. The summed E-state index contributed by atoms with van der Waals surface area (Å²) in [5.74, 6) is 0.508. The average Bonchev–Trinajstić information content (AvgIpc) is 2.68. The molecule has 4 heteroatoms. The van der Waals surface area contributed by atoms with E-state index in [1.165, 1.54) is 0 Å². The Morgan fingerprint density at radius 3 is 2.82 bits per heavy atom. The number of benzene rings is 1. The van der Waals surface area contributed by atoms with Gasteiger partial charge in [0.05, 0.1) is 5.52 Å². The summed E-state index contributed by atoms with van der Waals surface area (Å²) in [5, 5.41) is 6.75. The predicted octanol–water partition coefficient (Wildman–Crippen LogP) is 2.50. The number of fused-ring (bicyclic) bond motifs is 3. The van der Waals surface area contributed by atoms with Crippen LogP contribution in [0, 0.1) is 6.92 Å². The van der Waals surface area contributed by atoms with Crippen LogP contribution in [0.3, 0.4) is 0 Å². The minimum absolute atomic E-state index is 0.508. The Morgan fingerprint density at radius 2 is 2.06 bits per heavy atom. The van der Waals surface area contributed by atoms with E-state index in [1.807, 2.05) is 22.9 Å². The number of rotatable bonds is 1. The summed E-state index contributed by atoms with van der Waals surface area (Å²) in [6, 6.07) is 8.04. The van der Waals surface area contributed by atoms with Crippen molar-refractivity contribution in [3.8, 4) is 0 Å². The fourth-order valence-corrected chi connectivity index (χ4v) is 2.32. The van der Waals surface area contributed by atoms with Crippen LogP contribution in [-0.4, -0.2) is 14.8 Å². The second-order valence-electron chi connectivity index (χ2n) is 4.14. The lowest BCUT2D eigenvalue weighted by Gasteiger charge is -2.01. The van der Waals surface area contributed by atoms with Crippen molar-refractivity contribution in [2.24, 2.45) is 0 Å². The van der Waals surface area contributed by atoms with Crippen molar-refractivity contribution >= 4 is 27.6 Å². The van der Waals surface area contributed by atoms with Crippen LogP contribution in [0.4, 0.5) is 5.82 Å². The van der Waals surface area contributed by atoms with Gasteiger partial charge in [-0.2, -0.15) is 5.10 Å². The van der Waals surface area contributed by atoms with Gasteiger partial charge in [0.15, 0.2) is 5.82 Å². The van der Waals surface area contributed by atoms with Gasteiger partial charge in [-0.1, -0.05) is 18.2 Å². The van der Waals surface area contributed by atoms with Crippen molar-refractivity contribution in [2.75, 3.05) is 5.73 Å². The maximum absolute atomic E-state index is 5.97. The molecule has 1 aromatic carbocycles. The summed E-state index contributed by atoms with van der Waals surface area (Å²) in [4.78, 5) is 4.39. The van der Waals surface area contributed by atoms with Gasteiger partial charge in [-0.3, -0.25) is 4.68 Å². The molecule has 0 aliphatic heterocycles. The van der Waals surface area contributed by atoms with Gasteiger partial charge >= 0.3 is 0 Å². The number of aromatic nitrogens is 3. The van der Waals surface area contributed by atoms with E-state index in [-0.39, 0.29) is 0 Å². The average molecular weight is 226 g/mol. The van der Waals surface area contributed by atoms with Crippen molar-refractivity contribution in [3.63, 3.8) is 0 Å². The number of nitrogen functional groups attached to an aromatic ring is 1. The molecule has 4 nitrogen and oxygen atoms in total. The molecule has 0 spiro atoms. The molecule has 0 bridgehead atoms. The third kappa shape index (κ3) is 1.30. The van der Waals surface area contributed by atoms with E-state index in [0.717, 1.165) is 34.0 Å². The fraction of sp³-hybridized carbons (Fsp3) is 0.231. The van der Waals surface area contributed by atoms with Gasteiger partial charge in [0.2, 0.25) is 0 Å². The van der Waals surface area contributed by atoms with Crippen LogP contribution in [0.5, 0.6) is 0 Å². The number of pyridine rings is 1. The number of hydrogen-bond donors (Lipinski definition) is 1. The van der Waals surface area contributed by atoms with Gasteiger partial charge in [-0.15, -0.1) is 0 Å². The summed E-state index contributed by atoms with van der Waals surface area (Å²) < 4.78 is 1.97. The molecule has 0 atom stereocenters. The summed E-state index contributed by atoms with van der Waals surface area (Å²) in [7, 11) is 0. The Kier molecular flexibility index (Phi) is 2.04. The van der Waals surface area contributed by atoms with Gasteiger partial charge < -0.3 is 5.73 Å². The molecule has 86 valence electrons. The van der Waals surface area contributed by atoms with Crippen LogP contribution in [0.25, 0.3) is 21.8 Å². The Labute approximate surface area is 99.1 Å². The smallest absolute Gasteiger partial charge is 0.152 e. The molecule has 0 aliphatic carbocycles. The van der Waals surface area contributed by atoms with E-state index in [4.69, 9.17) is 5.73 Å². The zero-order valence-corrected chi connectivity index (χ0v) is 9.94. The largest absolute Gasteiger partial charge is 0.382 e. The molecule has 0 aliphatic rings. The second kappa shape index (κ2) is 3.45. The Hall–Kier alpha value is -2.10. The summed E-state index contributed by atoms with van der Waals surface area (Å²) in [6.07, 6.45) is 0. The third-order valence-corrected chi connectivity index (χ3v) is 3.16. The van der Waals surface area contributed by atoms with E-state index in [1.54, 1.807) is 0 Å². The number of aryl methyl sites for hydroxylation is 2. The van der Waals surface area contributed by atoms with Crippen LogP contribution < -0.4 is 5.73 Å². The van der Waals surface area contributed by atoms with Crippen LogP contribution >= 0.6 is 0 Å². The highest BCUT2D eigenvalue weighted by atomic mass is 15.3. The van der Waals surface area contributed by atoms with Crippen molar-refractivity contribution in [3.05, 3.63) is 30.0 Å². The number of nitrogens with zero attached hydrogens (tertiary/aromatic N) is 3. The van der Waals surface area contributed by atoms with Crippen LogP contribution in [0.2, 0.25) is 0 Å². The number of anilines is 1. The van der Waals surface area contributed by atoms with Crippen molar-refractivity contribution in [1.29, 1.82) is 0 Å². The number of para-hydroxylation sites is 1. The van der Waals surface area contributed by atoms with E-state index < -0.39 is 0 Å². The zero-order chi connectivity index (χ0) is 12.0. The maximum atomic E-state index is 5.97. The third-order valence-electron chi connectivity index (χ3n) is 3.16. The Balaban J connectivity index is 2.59. The van der Waals surface area contributed by atoms with Crippen LogP contribution in [0.15, 0.2) is 24.3 Å². The molecule has 0 radical (unpaired) electrons. The lowest BCUT2D eigenvalue weighted by molar-refractivity contribution is 0.647. The molecular weight excluding hydrogens is 212 g/mol. The first-order valence-corrected chi connectivity index (χ1v) is 5.73. The molecule has 0 unspecified atom stereocenters. The minimum atomic E-state index is 0.508. The summed E-state index contributed by atoms with van der Waals surface area (Å²) in [5.41, 5.74) is 8.85. The Morgan fingerprint density at radius 1 is 1.29 bits per heavy atom. The van der Waals surface area contributed by atoms with Crippen molar-refractivity contribution in [1.82, 2.24) is 14.8 Å². The highest BCUT2D eigenvalue weighted by molar-refractivity contribution is 6.09. The lowest BCUT2D eigenvalue weighted by Crippen LogP contribution is -1.98. The number of nitrogens with two attached hydrogens (primary N) is 1. The number of hydrogen-bond acceptors (Lipinski definition) is 3. The van der Waals surface area contributed by atoms with Gasteiger partial charge in [0, 0.05) is 23.0 Å². The molecule has 17 heavy (non-hydrogen) atoms. The monoisotopic (exact) mass is 226 g/mol. The molecule has 0 saturated carbocycles. The van der Waals surface area contributed by atoms with E-state index in [0.29, 0.717) is 5.82 Å². The highest BCUT2D eigenvalue weighted by Gasteiger charge is 2.13. The summed E-state index contributed by atoms with van der Waals surface area (Å²) in [6.45, 7) is 4.99. The van der Waals surface area contributed by atoms with Crippen molar-refractivity contribution in [2.45, 2.75) is 20.4 Å². The summed E-state index contributed by atoms with van der Waals surface area (Å²) >= 11 is 0.